The summed E-state index contributed by atoms with van der Waals surface area (Å²) in [5.74, 6) is -0.764. The van der Waals surface area contributed by atoms with Gasteiger partial charge in [-0.25, -0.2) is 4.39 Å². The topological polar surface area (TPSA) is 319 Å². The summed E-state index contributed by atoms with van der Waals surface area (Å²) in [6.07, 6.45) is 10.2. The molecule has 0 spiro atoms. The lowest BCUT2D eigenvalue weighted by molar-refractivity contribution is -0.385. The highest BCUT2D eigenvalue weighted by Crippen LogP contribution is 2.40. The number of nitrogens with two attached hydrogens (primary N) is 4. The number of aryl methyl sites for hydroxylation is 14. The number of benzene rings is 14. The van der Waals surface area contributed by atoms with Gasteiger partial charge >= 0.3 is 7.12 Å². The molecule has 16 aromatic rings. The Morgan fingerprint density at radius 1 is 0.405 bits per heavy atom. The minimum absolute atomic E-state index is 0.0135. The minimum Gasteiger partial charge on any atom is -0.400 e. The second-order valence-corrected chi connectivity index (χ2v) is 40.3. The molecule has 20 nitrogen and oxygen atoms in total. The number of para-hydroxylation sites is 1. The maximum Gasteiger partial charge on any atom is 0.495 e. The Labute approximate surface area is 898 Å². The van der Waals surface area contributed by atoms with Gasteiger partial charge in [0.2, 0.25) is 11.1 Å². The summed E-state index contributed by atoms with van der Waals surface area (Å²) in [6.45, 7) is 40.3. The van der Waals surface area contributed by atoms with E-state index < -0.39 is 23.1 Å². The third-order valence-electron chi connectivity index (χ3n) is 26.3. The minimum atomic E-state index is -0.579. The largest absolute Gasteiger partial charge is 0.495 e. The van der Waals surface area contributed by atoms with Crippen molar-refractivity contribution in [1.29, 1.82) is 0 Å². The quantitative estimate of drug-likeness (QED) is 0.0116. The number of nitrogens with zero attached hydrogens (tertiary/aromatic N) is 4. The van der Waals surface area contributed by atoms with Crippen molar-refractivity contribution in [1.82, 2.24) is 9.13 Å². The van der Waals surface area contributed by atoms with Crippen molar-refractivity contribution in [3.05, 3.63) is 487 Å². The number of non-ortho nitro benzene ring substituents is 2. The van der Waals surface area contributed by atoms with Gasteiger partial charge in [0.25, 0.3) is 22.5 Å². The fourth-order valence-corrected chi connectivity index (χ4v) is 18.4. The molecular weight excluding hydrogens is 2070 g/mol. The Kier molecular flexibility index (Phi) is 42.7. The van der Waals surface area contributed by atoms with E-state index >= 15 is 0 Å². The van der Waals surface area contributed by atoms with E-state index in [2.05, 4.69) is 272 Å². The molecule has 1 aliphatic heterocycles. The van der Waals surface area contributed by atoms with Gasteiger partial charge in [-0.05, 0) is 399 Å². The van der Waals surface area contributed by atoms with Gasteiger partial charge in [-0.15, -0.1) is 0 Å². The van der Waals surface area contributed by atoms with E-state index in [1.807, 2.05) is 154 Å². The van der Waals surface area contributed by atoms with Crippen molar-refractivity contribution >= 4 is 144 Å². The number of pyridine rings is 2. The zero-order valence-corrected chi connectivity index (χ0v) is 92.8. The zero-order chi connectivity index (χ0) is 109. The van der Waals surface area contributed by atoms with Gasteiger partial charge in [0, 0.05) is 117 Å². The molecule has 766 valence electrons. The number of aliphatic hydroxyl groups is 1. The first-order valence-electron chi connectivity index (χ1n) is 47.9. The van der Waals surface area contributed by atoms with E-state index in [1.165, 1.54) is 106 Å². The second-order valence-electron chi connectivity index (χ2n) is 37.3. The van der Waals surface area contributed by atoms with E-state index in [-0.39, 0.29) is 49.0 Å². The second kappa shape index (κ2) is 53.9. The van der Waals surface area contributed by atoms with Crippen LogP contribution in [0.1, 0.15) is 150 Å². The number of halogens is 5. The van der Waals surface area contributed by atoms with E-state index in [0.717, 1.165) is 161 Å². The molecule has 0 aliphatic carbocycles. The van der Waals surface area contributed by atoms with Gasteiger partial charge in [0.05, 0.1) is 25.5 Å². The Morgan fingerprint density at radius 3 is 1.05 bits per heavy atom. The molecule has 1 amide bonds. The Morgan fingerprint density at radius 2 is 0.703 bits per heavy atom. The standard InChI is InChI=1S/C28H26N2O2.C25H24N2O.C21H28BNO2.C15H14BrNO2.C15H16BrN.C8H11N.C6H3BrFNO2.C3H3ClO.CH4O/c1-5-27(31)29-21-14-13-20(15-24-18(2)9-8-10-19(24)3)25(16-21)26-17-30(4)28(32)23-12-7-6-11-22(23)26;1-16-7-6-8-17(2)22(16)13-18-11-12-19(26)14-23(18)24-15-27(3)25(28)21-10-5-4-9-20(21)24;1-14-8-7-9-15(2)18(14)12-16-10-11-17(23)13-19(16)22-24-20(3,4)21(5,6)25-22;1-10-4-3-5-11(2)14(10)8-12-6-7-13(17(18)19)9-15(12)16;1-10-4-3-5-11(2)14(10)8-12-6-7-13(17)9-15(12)16;1-6-4-3-5-7(2)8(6)9;7-5-3-4(9(10)11)1-2-6(5)8;1-2-3(4)5;1-2/h5-14,16-17H,1,15H2,2-4H3,(H,29,31);4-12,14-15H,13,26H2,1-3H3;7-11,13H,12,23H2,1-6H3;3-7,9H,8H2,1-2H3;3-7,9H,8,17H2,1-2H3;3-5H,9H2,1-2H3;1-3H;2H,1H2;2H,1H3. The van der Waals surface area contributed by atoms with Crippen LogP contribution in [0.5, 0.6) is 0 Å². The van der Waals surface area contributed by atoms with Crippen LogP contribution in [0.4, 0.5) is 44.2 Å². The molecule has 1 fully saturated rings. The van der Waals surface area contributed by atoms with Crippen LogP contribution in [0.15, 0.2) is 328 Å². The Balaban J connectivity index is 0.000000195. The molecule has 0 saturated carbocycles. The lowest BCUT2D eigenvalue weighted by Crippen LogP contribution is -2.41. The van der Waals surface area contributed by atoms with Gasteiger partial charge < -0.3 is 51.8 Å². The first kappa shape index (κ1) is 117. The van der Waals surface area contributed by atoms with Crippen LogP contribution in [-0.4, -0.2) is 60.7 Å². The van der Waals surface area contributed by atoms with Crippen LogP contribution in [0.2, 0.25) is 0 Å². The zero-order valence-electron chi connectivity index (χ0n) is 87.3. The number of hydrogen-bond donors (Lipinski definition) is 6. The third kappa shape index (κ3) is 31.2. The number of nitrogens with one attached hydrogen (secondary N) is 1. The number of nitro groups is 2. The molecule has 26 heteroatoms. The molecule has 17 rings (SSSR count). The highest BCUT2D eigenvalue weighted by molar-refractivity contribution is 9.11. The van der Waals surface area contributed by atoms with E-state index in [4.69, 9.17) is 49.0 Å². The molecular formula is C122H129BBr3ClFN9O11. The number of allylic oxidation sites excluding steroid dienone is 1. The van der Waals surface area contributed by atoms with Crippen molar-refractivity contribution in [2.45, 2.75) is 154 Å². The first-order chi connectivity index (χ1) is 70.1. The molecule has 10 N–H and O–H groups in total. The van der Waals surface area contributed by atoms with Crippen molar-refractivity contribution in [2.24, 2.45) is 14.1 Å². The monoisotopic (exact) mass is 2200 g/mol. The van der Waals surface area contributed by atoms with Gasteiger partial charge in [-0.1, -0.05) is 221 Å². The van der Waals surface area contributed by atoms with Crippen LogP contribution in [-0.2, 0) is 65.1 Å². The number of aliphatic hydroxyl groups excluding tert-OH is 1. The summed E-state index contributed by atoms with van der Waals surface area (Å²) in [5, 5.41) is 33.4. The van der Waals surface area contributed by atoms with E-state index in [9.17, 15) is 43.8 Å². The number of aromatic nitrogens is 2. The summed E-state index contributed by atoms with van der Waals surface area (Å²) in [4.78, 5) is 66.6. The fourth-order valence-electron chi connectivity index (χ4n) is 17.0. The summed E-state index contributed by atoms with van der Waals surface area (Å²) in [6, 6.07) is 85.6. The predicted molar refractivity (Wildman–Crippen MR) is 622 cm³/mol. The number of fused-ring (bicyclic) bond motifs is 2. The number of carbonyl (C=O) groups excluding carboxylic acids is 2. The average molecular weight is 2200 g/mol. The number of hydrogen-bond acceptors (Lipinski definition) is 15. The maximum absolute atomic E-state index is 12.7. The number of anilines is 5. The molecule has 0 radical (unpaired) electrons. The first-order valence-corrected chi connectivity index (χ1v) is 50.6. The van der Waals surface area contributed by atoms with Crippen LogP contribution in [0, 0.1) is 109 Å². The summed E-state index contributed by atoms with van der Waals surface area (Å²) < 4.78 is 30.3. The number of nitro benzene ring substituents is 2. The lowest BCUT2D eigenvalue weighted by Gasteiger charge is -2.32. The molecule has 148 heavy (non-hydrogen) atoms. The third-order valence-corrected chi connectivity index (χ3v) is 28.6. The van der Waals surface area contributed by atoms with Crippen LogP contribution in [0.25, 0.3) is 43.8 Å². The van der Waals surface area contributed by atoms with Gasteiger partial charge in [0.1, 0.15) is 5.82 Å². The SMILES string of the molecule is C=CC(=O)Cl.C=CC(=O)Nc1ccc(Cc2c(C)cccc2C)c(-c2cn(C)c(=O)c3ccccc23)c1.CO.Cc1cccc(C)c1Cc1ccc(N)cc1-c1cn(C)c(=O)c2ccccc12.Cc1cccc(C)c1Cc1ccc(N)cc1B1OC(C)(C)C(C)(C)O1.Cc1cccc(C)c1Cc1ccc(N)cc1Br.Cc1cccc(C)c1Cc1ccc([N+](=O)[O-])cc1Br.Cc1cccc(C)c1N.O=[N+]([O-])c1ccc(F)c(Br)c1. The van der Waals surface area contributed by atoms with Crippen molar-refractivity contribution in [3.63, 3.8) is 0 Å². The smallest absolute Gasteiger partial charge is 0.400 e. The number of amides is 1. The number of rotatable bonds is 18. The van der Waals surface area contributed by atoms with Crippen LogP contribution in [0.3, 0.4) is 0 Å². The normalized spacial score (nSPS) is 11.7. The van der Waals surface area contributed by atoms with Crippen molar-refractivity contribution in [3.8, 4) is 22.3 Å². The van der Waals surface area contributed by atoms with Crippen molar-refractivity contribution < 1.29 is 38.2 Å². The fraction of sp³-hybridized carbons (Fsp3) is 0.213. The molecule has 2 aromatic heterocycles. The lowest BCUT2D eigenvalue weighted by atomic mass is 9.74. The Bertz CT molecular complexity index is 7560. The van der Waals surface area contributed by atoms with Gasteiger partial charge in [-0.3, -0.25) is 39.4 Å². The number of nitrogen functional groups attached to an aromatic ring is 4. The number of carbonyl (C=O) groups is 2. The molecule has 14 aromatic carbocycles. The highest BCUT2D eigenvalue weighted by atomic mass is 79.9. The summed E-state index contributed by atoms with van der Waals surface area (Å²) in [5.41, 5.74) is 59.5. The molecule has 1 saturated heterocycles. The van der Waals surface area contributed by atoms with Gasteiger partial charge in [-0.2, -0.15) is 0 Å². The van der Waals surface area contributed by atoms with Gasteiger partial charge in [0.15, 0.2) is 0 Å². The Hall–Kier alpha value is -14.3. The molecule has 1 aliphatic rings. The molecule has 0 unspecified atom stereocenters. The average Bonchev–Trinajstić information content (AvgIpc) is 1.40. The van der Waals surface area contributed by atoms with Crippen molar-refractivity contribution in [2.75, 3.05) is 35.4 Å². The maximum atomic E-state index is 12.7. The van der Waals surface area contributed by atoms with Crippen LogP contribution < -0.4 is 44.8 Å². The predicted octanol–water partition coefficient (Wildman–Crippen LogP) is 28.0. The van der Waals surface area contributed by atoms with E-state index in [1.54, 1.807) is 35.4 Å². The molecule has 3 heterocycles. The molecule has 0 atom stereocenters. The van der Waals surface area contributed by atoms with E-state index in [0.29, 0.717) is 11.1 Å². The summed E-state index contributed by atoms with van der Waals surface area (Å²) in [7, 11) is 4.18. The molecule has 0 bridgehead atoms. The highest BCUT2D eigenvalue weighted by Gasteiger charge is 2.52. The summed E-state index contributed by atoms with van der Waals surface area (Å²) >= 11 is 14.5. The van der Waals surface area contributed by atoms with Crippen LogP contribution >= 0.6 is 59.4 Å².